The van der Waals surface area contributed by atoms with Gasteiger partial charge in [-0.05, 0) is 66.9 Å². The van der Waals surface area contributed by atoms with Crippen molar-refractivity contribution in [3.8, 4) is 0 Å². The molecule has 4 rings (SSSR count). The van der Waals surface area contributed by atoms with Crippen molar-refractivity contribution in [2.75, 3.05) is 16.2 Å². The van der Waals surface area contributed by atoms with Gasteiger partial charge in [-0.15, -0.1) is 0 Å². The first kappa shape index (κ1) is 19.7. The number of rotatable bonds is 4. The first-order valence-electron chi connectivity index (χ1n) is 9.22. The van der Waals surface area contributed by atoms with Crippen molar-refractivity contribution in [3.05, 3.63) is 88.4 Å². The van der Waals surface area contributed by atoms with Gasteiger partial charge in [0.15, 0.2) is 0 Å². The Hall–Kier alpha value is -2.64. The van der Waals surface area contributed by atoms with Crippen molar-refractivity contribution in [2.24, 2.45) is 0 Å². The van der Waals surface area contributed by atoms with Crippen molar-refractivity contribution in [3.63, 3.8) is 0 Å². The molecule has 0 saturated heterocycles. The number of amides is 1. The van der Waals surface area contributed by atoms with Crippen LogP contribution in [0, 0.1) is 0 Å². The molecule has 0 aromatic heterocycles. The fraction of sp³-hybridized carbons (Fsp3) is 0.136. The van der Waals surface area contributed by atoms with Gasteiger partial charge in [-0.25, -0.2) is 8.42 Å². The van der Waals surface area contributed by atoms with E-state index in [-0.39, 0.29) is 10.8 Å². The van der Waals surface area contributed by atoms with E-state index in [1.165, 1.54) is 12.1 Å². The summed E-state index contributed by atoms with van der Waals surface area (Å²) in [5.74, 6) is -0.137. The summed E-state index contributed by atoms with van der Waals surface area (Å²) < 4.78 is 28.6. The lowest BCUT2D eigenvalue weighted by Gasteiger charge is -2.29. The topological polar surface area (TPSA) is 66.5 Å². The van der Waals surface area contributed by atoms with E-state index in [1.807, 2.05) is 24.3 Å². The van der Waals surface area contributed by atoms with Crippen LogP contribution in [0.5, 0.6) is 0 Å². The van der Waals surface area contributed by atoms with Crippen LogP contribution in [0.15, 0.2) is 82.2 Å². The second kappa shape index (κ2) is 8.00. The molecule has 7 heteroatoms. The summed E-state index contributed by atoms with van der Waals surface area (Å²) in [6.07, 6.45) is 1.85. The number of nitrogens with zero attached hydrogens (tertiary/aromatic N) is 1. The summed E-state index contributed by atoms with van der Waals surface area (Å²) in [7, 11) is -3.74. The van der Waals surface area contributed by atoms with Gasteiger partial charge in [0.2, 0.25) is 0 Å². The Morgan fingerprint density at radius 3 is 2.52 bits per heavy atom. The number of hydrogen-bond donors (Lipinski definition) is 1. The Labute approximate surface area is 178 Å². The van der Waals surface area contributed by atoms with Gasteiger partial charge in [0, 0.05) is 28.0 Å². The third kappa shape index (κ3) is 4.21. The molecule has 0 bridgehead atoms. The molecule has 0 fully saturated rings. The maximum Gasteiger partial charge on any atom is 0.261 e. The first-order chi connectivity index (χ1) is 13.9. The number of para-hydroxylation sites is 1. The number of fused-ring (bicyclic) bond motifs is 1. The second-order valence-electron chi connectivity index (χ2n) is 6.83. The largest absolute Gasteiger partial charge is 0.308 e. The van der Waals surface area contributed by atoms with Crippen LogP contribution in [0.4, 0.5) is 11.4 Å². The van der Waals surface area contributed by atoms with Crippen LogP contribution >= 0.6 is 15.9 Å². The predicted octanol–water partition coefficient (Wildman–Crippen LogP) is 4.84. The maximum atomic E-state index is 13.1. The lowest BCUT2D eigenvalue weighted by atomic mass is 10.0. The zero-order chi connectivity index (χ0) is 20.4. The van der Waals surface area contributed by atoms with Gasteiger partial charge in [0.05, 0.1) is 4.90 Å². The van der Waals surface area contributed by atoms with E-state index in [4.69, 9.17) is 0 Å². The molecular weight excluding hydrogens is 452 g/mol. The van der Waals surface area contributed by atoms with Crippen molar-refractivity contribution >= 4 is 43.2 Å². The van der Waals surface area contributed by atoms with Crippen molar-refractivity contribution in [2.45, 2.75) is 17.7 Å². The van der Waals surface area contributed by atoms with Crippen molar-refractivity contribution in [1.82, 2.24) is 0 Å². The van der Waals surface area contributed by atoms with Gasteiger partial charge >= 0.3 is 0 Å². The summed E-state index contributed by atoms with van der Waals surface area (Å²) in [6, 6.07) is 20.9. The zero-order valence-corrected chi connectivity index (χ0v) is 17.9. The van der Waals surface area contributed by atoms with E-state index < -0.39 is 10.0 Å². The van der Waals surface area contributed by atoms with Crippen LogP contribution in [0.1, 0.15) is 22.3 Å². The molecule has 0 spiro atoms. The van der Waals surface area contributed by atoms with Crippen LogP contribution in [0.25, 0.3) is 0 Å². The van der Waals surface area contributed by atoms with Crippen LogP contribution < -0.4 is 9.62 Å². The fourth-order valence-electron chi connectivity index (χ4n) is 3.44. The summed E-state index contributed by atoms with van der Waals surface area (Å²) in [6.45, 7) is 0.644. The maximum absolute atomic E-state index is 13.1. The molecule has 1 aliphatic heterocycles. The normalized spacial score (nSPS) is 13.6. The SMILES string of the molecule is O=C(c1cccc(NS(=O)(=O)c2ccc(Br)cc2)c1)N1CCCc2ccccc21. The number of nitrogens with one attached hydrogen (secondary N) is 1. The molecule has 29 heavy (non-hydrogen) atoms. The Morgan fingerprint density at radius 2 is 1.72 bits per heavy atom. The van der Waals surface area contributed by atoms with Crippen LogP contribution in [0.2, 0.25) is 0 Å². The number of halogens is 1. The molecule has 5 nitrogen and oxygen atoms in total. The average molecular weight is 471 g/mol. The molecule has 1 N–H and O–H groups in total. The minimum absolute atomic E-state index is 0.137. The molecule has 1 aliphatic rings. The molecule has 0 atom stereocenters. The average Bonchev–Trinajstić information content (AvgIpc) is 2.73. The Balaban J connectivity index is 1.59. The standard InChI is InChI=1S/C22H19BrN2O3S/c23-18-10-12-20(13-11-18)29(27,28)24-19-8-3-6-17(15-19)22(26)25-14-4-7-16-5-1-2-9-21(16)25/h1-3,5-6,8-13,15,24H,4,7,14H2. The van der Waals surface area contributed by atoms with Gasteiger partial charge in [0.25, 0.3) is 15.9 Å². The Morgan fingerprint density at radius 1 is 0.966 bits per heavy atom. The summed E-state index contributed by atoms with van der Waals surface area (Å²) in [5, 5.41) is 0. The van der Waals surface area contributed by atoms with Crippen molar-refractivity contribution in [1.29, 1.82) is 0 Å². The molecule has 0 unspecified atom stereocenters. The van der Waals surface area contributed by atoms with Crippen molar-refractivity contribution < 1.29 is 13.2 Å². The van der Waals surface area contributed by atoms with E-state index in [0.29, 0.717) is 17.8 Å². The number of benzene rings is 3. The highest BCUT2D eigenvalue weighted by molar-refractivity contribution is 9.10. The zero-order valence-electron chi connectivity index (χ0n) is 15.5. The summed E-state index contributed by atoms with van der Waals surface area (Å²) in [5.41, 5.74) is 2.87. The number of carbonyl (C=O) groups excluding carboxylic acids is 1. The first-order valence-corrected chi connectivity index (χ1v) is 11.5. The predicted molar refractivity (Wildman–Crippen MR) is 118 cm³/mol. The second-order valence-corrected chi connectivity index (χ2v) is 9.43. The minimum atomic E-state index is -3.74. The number of aryl methyl sites for hydroxylation is 1. The molecule has 1 heterocycles. The van der Waals surface area contributed by atoms with E-state index in [0.717, 1.165) is 28.6 Å². The number of anilines is 2. The number of carbonyl (C=O) groups is 1. The number of sulfonamides is 1. The van der Waals surface area contributed by atoms with Crippen LogP contribution in [0.3, 0.4) is 0 Å². The molecule has 1 amide bonds. The highest BCUT2D eigenvalue weighted by atomic mass is 79.9. The smallest absolute Gasteiger partial charge is 0.261 e. The molecule has 3 aromatic rings. The van der Waals surface area contributed by atoms with E-state index >= 15 is 0 Å². The van der Waals surface area contributed by atoms with Gasteiger partial charge < -0.3 is 4.90 Å². The molecule has 0 saturated carbocycles. The van der Waals surface area contributed by atoms with E-state index in [1.54, 1.807) is 41.3 Å². The summed E-state index contributed by atoms with van der Waals surface area (Å²) in [4.78, 5) is 15.1. The quantitative estimate of drug-likeness (QED) is 0.592. The van der Waals surface area contributed by atoms with Gasteiger partial charge in [-0.1, -0.05) is 40.2 Å². The molecular formula is C22H19BrN2O3S. The van der Waals surface area contributed by atoms with Crippen LogP contribution in [-0.4, -0.2) is 20.9 Å². The van der Waals surface area contributed by atoms with Crippen LogP contribution in [-0.2, 0) is 16.4 Å². The van der Waals surface area contributed by atoms with Gasteiger partial charge in [-0.3, -0.25) is 9.52 Å². The minimum Gasteiger partial charge on any atom is -0.308 e. The third-order valence-electron chi connectivity index (χ3n) is 4.84. The monoisotopic (exact) mass is 470 g/mol. The van der Waals surface area contributed by atoms with Gasteiger partial charge in [0.1, 0.15) is 0 Å². The van der Waals surface area contributed by atoms with E-state index in [9.17, 15) is 13.2 Å². The lowest BCUT2D eigenvalue weighted by Crippen LogP contribution is -2.35. The highest BCUT2D eigenvalue weighted by Crippen LogP contribution is 2.28. The Bertz CT molecular complexity index is 1160. The molecule has 0 radical (unpaired) electrons. The Kier molecular flexibility index (Phi) is 5.43. The molecule has 148 valence electrons. The molecule has 0 aliphatic carbocycles. The van der Waals surface area contributed by atoms with Gasteiger partial charge in [-0.2, -0.15) is 0 Å². The molecule has 3 aromatic carbocycles. The fourth-order valence-corrected chi connectivity index (χ4v) is 4.76. The summed E-state index contributed by atoms with van der Waals surface area (Å²) >= 11 is 3.30. The highest BCUT2D eigenvalue weighted by Gasteiger charge is 2.23. The van der Waals surface area contributed by atoms with E-state index in [2.05, 4.69) is 20.7 Å². The lowest BCUT2D eigenvalue weighted by molar-refractivity contribution is 0.0985. The third-order valence-corrected chi connectivity index (χ3v) is 6.77. The number of hydrogen-bond acceptors (Lipinski definition) is 3.